The predicted molar refractivity (Wildman–Crippen MR) is 123 cm³/mol. The average molecular weight is 422 g/mol. The Hall–Kier alpha value is -2.96. The second-order valence-electron chi connectivity index (χ2n) is 7.03. The van der Waals surface area contributed by atoms with E-state index in [-0.39, 0.29) is 24.4 Å². The number of rotatable bonds is 9. The maximum absolute atomic E-state index is 12.5. The summed E-state index contributed by atoms with van der Waals surface area (Å²) in [7, 11) is 1.58. The summed E-state index contributed by atoms with van der Waals surface area (Å²) in [4.78, 5) is 25.5. The van der Waals surface area contributed by atoms with E-state index < -0.39 is 0 Å². The molecule has 0 aliphatic rings. The van der Waals surface area contributed by atoms with Gasteiger partial charge in [-0.3, -0.25) is 14.9 Å². The van der Waals surface area contributed by atoms with Crippen molar-refractivity contribution >= 4 is 28.8 Å². The number of hydrogen-bond donors (Lipinski definition) is 3. The molecule has 0 unspecified atom stereocenters. The largest absolute Gasteiger partial charge is 0.355 e. The van der Waals surface area contributed by atoms with E-state index in [2.05, 4.69) is 53.2 Å². The standard InChI is InChI=1S/C24H27N3O2S/c1-3-6-17-10-12-18(13-11-17)23(21-9-5-14-30-21)26-16-22(28)27-20-8-4-7-19(15-20)24(29)25-2/h4-5,7-15,23,26H,3,6,16H2,1-2H3,(H,25,29)(H,27,28)/t23-/m1/s1. The molecular weight excluding hydrogens is 394 g/mol. The summed E-state index contributed by atoms with van der Waals surface area (Å²) in [5, 5.41) is 10.9. The summed E-state index contributed by atoms with van der Waals surface area (Å²) in [6, 6.07) is 19.5. The predicted octanol–water partition coefficient (Wildman–Crippen LogP) is 4.38. The molecule has 3 rings (SSSR count). The molecule has 1 atom stereocenters. The van der Waals surface area contributed by atoms with Crippen LogP contribution in [0.25, 0.3) is 0 Å². The Balaban J connectivity index is 1.67. The van der Waals surface area contributed by atoms with Crippen LogP contribution in [-0.2, 0) is 11.2 Å². The molecule has 30 heavy (non-hydrogen) atoms. The summed E-state index contributed by atoms with van der Waals surface area (Å²) in [5.41, 5.74) is 3.55. The fraction of sp³-hybridized carbons (Fsp3) is 0.250. The molecule has 2 aromatic carbocycles. The molecule has 6 heteroatoms. The zero-order valence-corrected chi connectivity index (χ0v) is 18.1. The average Bonchev–Trinajstić information content (AvgIpc) is 3.29. The van der Waals surface area contributed by atoms with Crippen molar-refractivity contribution in [1.82, 2.24) is 10.6 Å². The highest BCUT2D eigenvalue weighted by molar-refractivity contribution is 7.10. The van der Waals surface area contributed by atoms with Crippen LogP contribution in [0.2, 0.25) is 0 Å². The number of anilines is 1. The first-order valence-corrected chi connectivity index (χ1v) is 11.0. The lowest BCUT2D eigenvalue weighted by Crippen LogP contribution is -2.31. The number of carbonyl (C=O) groups excluding carboxylic acids is 2. The van der Waals surface area contributed by atoms with Gasteiger partial charge in [0.15, 0.2) is 0 Å². The Labute approximate surface area is 181 Å². The zero-order chi connectivity index (χ0) is 21.3. The Bertz CT molecular complexity index is 968. The maximum Gasteiger partial charge on any atom is 0.251 e. The first kappa shape index (κ1) is 21.7. The van der Waals surface area contributed by atoms with Gasteiger partial charge >= 0.3 is 0 Å². The van der Waals surface area contributed by atoms with Gasteiger partial charge in [-0.05, 0) is 47.2 Å². The van der Waals surface area contributed by atoms with E-state index in [1.54, 1.807) is 42.6 Å². The van der Waals surface area contributed by atoms with Crippen LogP contribution in [0.3, 0.4) is 0 Å². The van der Waals surface area contributed by atoms with Gasteiger partial charge in [-0.25, -0.2) is 0 Å². The molecule has 0 spiro atoms. The number of nitrogens with one attached hydrogen (secondary N) is 3. The maximum atomic E-state index is 12.5. The molecule has 0 fully saturated rings. The Kier molecular flexibility index (Phi) is 7.76. The van der Waals surface area contributed by atoms with Gasteiger partial charge in [-0.15, -0.1) is 11.3 Å². The van der Waals surface area contributed by atoms with Gasteiger partial charge in [0.2, 0.25) is 5.91 Å². The first-order chi connectivity index (χ1) is 14.6. The Morgan fingerprint density at radius 2 is 1.83 bits per heavy atom. The smallest absolute Gasteiger partial charge is 0.251 e. The number of benzene rings is 2. The Morgan fingerprint density at radius 3 is 2.50 bits per heavy atom. The van der Waals surface area contributed by atoms with Gasteiger partial charge in [-0.1, -0.05) is 49.7 Å². The van der Waals surface area contributed by atoms with Gasteiger partial charge in [0.05, 0.1) is 12.6 Å². The third-order valence-corrected chi connectivity index (χ3v) is 5.72. The second-order valence-corrected chi connectivity index (χ2v) is 8.01. The Morgan fingerprint density at radius 1 is 1.03 bits per heavy atom. The molecule has 0 saturated carbocycles. The van der Waals surface area contributed by atoms with Crippen molar-refractivity contribution < 1.29 is 9.59 Å². The van der Waals surface area contributed by atoms with Gasteiger partial charge in [0.25, 0.3) is 5.91 Å². The highest BCUT2D eigenvalue weighted by Crippen LogP contribution is 2.26. The second kappa shape index (κ2) is 10.7. The van der Waals surface area contributed by atoms with Crippen molar-refractivity contribution in [2.24, 2.45) is 0 Å². The fourth-order valence-electron chi connectivity index (χ4n) is 3.29. The van der Waals surface area contributed by atoms with Crippen molar-refractivity contribution in [3.63, 3.8) is 0 Å². The van der Waals surface area contributed by atoms with Crippen molar-refractivity contribution in [3.8, 4) is 0 Å². The number of thiophene rings is 1. The van der Waals surface area contributed by atoms with Crippen LogP contribution in [0.1, 0.15) is 45.7 Å². The highest BCUT2D eigenvalue weighted by atomic mass is 32.1. The van der Waals surface area contributed by atoms with E-state index >= 15 is 0 Å². The number of carbonyl (C=O) groups is 2. The van der Waals surface area contributed by atoms with Crippen molar-refractivity contribution in [2.45, 2.75) is 25.8 Å². The number of hydrogen-bond acceptors (Lipinski definition) is 4. The lowest BCUT2D eigenvalue weighted by molar-refractivity contribution is -0.115. The molecule has 0 radical (unpaired) electrons. The first-order valence-electron chi connectivity index (χ1n) is 10.1. The quantitative estimate of drug-likeness (QED) is 0.480. The molecule has 2 amide bonds. The molecule has 0 bridgehead atoms. The molecule has 156 valence electrons. The molecule has 1 heterocycles. The van der Waals surface area contributed by atoms with E-state index in [1.807, 2.05) is 11.4 Å². The lowest BCUT2D eigenvalue weighted by Gasteiger charge is -2.18. The van der Waals surface area contributed by atoms with Gasteiger partial charge in [-0.2, -0.15) is 0 Å². The van der Waals surface area contributed by atoms with Crippen LogP contribution in [0, 0.1) is 0 Å². The van der Waals surface area contributed by atoms with Crippen LogP contribution in [0.4, 0.5) is 5.69 Å². The highest BCUT2D eigenvalue weighted by Gasteiger charge is 2.16. The minimum atomic E-state index is -0.187. The van der Waals surface area contributed by atoms with E-state index in [1.165, 1.54) is 5.56 Å². The molecule has 3 aromatic rings. The van der Waals surface area contributed by atoms with Crippen molar-refractivity contribution in [1.29, 1.82) is 0 Å². The molecule has 0 aliphatic carbocycles. The van der Waals surface area contributed by atoms with E-state index in [0.717, 1.165) is 23.3 Å². The van der Waals surface area contributed by atoms with E-state index in [4.69, 9.17) is 0 Å². The molecule has 5 nitrogen and oxygen atoms in total. The van der Waals surface area contributed by atoms with Gasteiger partial charge in [0.1, 0.15) is 0 Å². The number of amides is 2. The van der Waals surface area contributed by atoms with Crippen LogP contribution < -0.4 is 16.0 Å². The summed E-state index contributed by atoms with van der Waals surface area (Å²) in [6.45, 7) is 2.33. The lowest BCUT2D eigenvalue weighted by atomic mass is 10.0. The van der Waals surface area contributed by atoms with Crippen molar-refractivity contribution in [2.75, 3.05) is 18.9 Å². The molecule has 3 N–H and O–H groups in total. The monoisotopic (exact) mass is 421 g/mol. The van der Waals surface area contributed by atoms with Crippen LogP contribution in [0.15, 0.2) is 66.0 Å². The minimum absolute atomic E-state index is 0.0522. The molecule has 0 saturated heterocycles. The molecular formula is C24H27N3O2S. The third-order valence-electron chi connectivity index (χ3n) is 4.78. The number of aryl methyl sites for hydroxylation is 1. The summed E-state index contributed by atoms with van der Waals surface area (Å²) in [5.74, 6) is -0.346. The molecule has 1 aromatic heterocycles. The fourth-order valence-corrected chi connectivity index (χ4v) is 4.11. The molecule has 0 aliphatic heterocycles. The van der Waals surface area contributed by atoms with Crippen LogP contribution >= 0.6 is 11.3 Å². The third kappa shape index (κ3) is 5.78. The van der Waals surface area contributed by atoms with Gasteiger partial charge < -0.3 is 10.6 Å². The topological polar surface area (TPSA) is 70.2 Å². The SMILES string of the molecule is CCCc1ccc([C@@H](NCC(=O)Nc2cccc(C(=O)NC)c2)c2cccs2)cc1. The normalized spacial score (nSPS) is 11.7. The van der Waals surface area contributed by atoms with E-state index in [9.17, 15) is 9.59 Å². The van der Waals surface area contributed by atoms with Crippen molar-refractivity contribution in [3.05, 3.63) is 87.6 Å². The van der Waals surface area contributed by atoms with E-state index in [0.29, 0.717) is 11.3 Å². The summed E-state index contributed by atoms with van der Waals surface area (Å²) >= 11 is 1.66. The van der Waals surface area contributed by atoms with Gasteiger partial charge in [0, 0.05) is 23.2 Å². The minimum Gasteiger partial charge on any atom is -0.355 e. The van der Waals surface area contributed by atoms with Crippen LogP contribution in [0.5, 0.6) is 0 Å². The zero-order valence-electron chi connectivity index (χ0n) is 17.3. The summed E-state index contributed by atoms with van der Waals surface area (Å²) < 4.78 is 0. The van der Waals surface area contributed by atoms with Crippen LogP contribution in [-0.4, -0.2) is 25.4 Å². The summed E-state index contributed by atoms with van der Waals surface area (Å²) in [6.07, 6.45) is 2.18.